The van der Waals surface area contributed by atoms with Crippen molar-refractivity contribution in [2.24, 2.45) is 5.92 Å². The second-order valence-electron chi connectivity index (χ2n) is 4.71. The van der Waals surface area contributed by atoms with Crippen molar-refractivity contribution in [3.05, 3.63) is 18.5 Å². The number of nitrogens with zero attached hydrogens (tertiary/aromatic N) is 2. The molecule has 1 aromatic rings. The Morgan fingerprint density at radius 2 is 2.22 bits per heavy atom. The lowest BCUT2D eigenvalue weighted by Crippen LogP contribution is -2.39. The highest BCUT2D eigenvalue weighted by Crippen LogP contribution is 1.90. The van der Waals surface area contributed by atoms with E-state index in [0.717, 1.165) is 0 Å². The number of nitrogens with one attached hydrogen (secondary N) is 2. The lowest BCUT2D eigenvalue weighted by Gasteiger charge is -2.12. The van der Waals surface area contributed by atoms with E-state index in [-0.39, 0.29) is 12.5 Å². The van der Waals surface area contributed by atoms with Gasteiger partial charge >= 0.3 is 0 Å². The normalized spacial score (nSPS) is 12.7. The Balaban J connectivity index is 2.08. The van der Waals surface area contributed by atoms with E-state index < -0.39 is 6.10 Å². The van der Waals surface area contributed by atoms with Crippen LogP contribution in [0.25, 0.3) is 0 Å². The Hall–Kier alpha value is -1.40. The first-order chi connectivity index (χ1) is 8.58. The second kappa shape index (κ2) is 7.84. The van der Waals surface area contributed by atoms with Crippen molar-refractivity contribution >= 4 is 5.91 Å². The van der Waals surface area contributed by atoms with Crippen molar-refractivity contribution in [1.29, 1.82) is 0 Å². The molecule has 18 heavy (non-hydrogen) atoms. The number of aromatic nitrogens is 2. The molecule has 0 radical (unpaired) electrons. The highest BCUT2D eigenvalue weighted by Gasteiger charge is 2.06. The lowest BCUT2D eigenvalue weighted by atomic mass is 10.2. The summed E-state index contributed by atoms with van der Waals surface area (Å²) in [4.78, 5) is 11.4. The van der Waals surface area contributed by atoms with E-state index in [4.69, 9.17) is 0 Å². The van der Waals surface area contributed by atoms with Gasteiger partial charge in [-0.15, -0.1) is 0 Å². The van der Waals surface area contributed by atoms with Crippen LogP contribution in [0.3, 0.4) is 0 Å². The maximum Gasteiger partial charge on any atom is 0.233 e. The van der Waals surface area contributed by atoms with Crippen molar-refractivity contribution in [3.63, 3.8) is 0 Å². The third-order valence-corrected chi connectivity index (χ3v) is 2.33. The van der Waals surface area contributed by atoms with Gasteiger partial charge in [0.15, 0.2) is 0 Å². The molecule has 1 amide bonds. The molecule has 0 spiro atoms. The van der Waals surface area contributed by atoms with Gasteiger partial charge in [-0.3, -0.25) is 9.48 Å². The molecule has 0 aliphatic heterocycles. The molecule has 3 N–H and O–H groups in total. The zero-order valence-corrected chi connectivity index (χ0v) is 11.0. The molecule has 6 nitrogen and oxygen atoms in total. The van der Waals surface area contributed by atoms with Crippen LogP contribution in [-0.2, 0) is 11.3 Å². The van der Waals surface area contributed by atoms with Crippen LogP contribution in [0.4, 0.5) is 0 Å². The molecule has 0 aliphatic rings. The first kappa shape index (κ1) is 14.7. The summed E-state index contributed by atoms with van der Waals surface area (Å²) in [5, 5.41) is 19.4. The van der Waals surface area contributed by atoms with Gasteiger partial charge in [0.25, 0.3) is 0 Å². The summed E-state index contributed by atoms with van der Waals surface area (Å²) in [7, 11) is 0. The molecule has 0 aliphatic carbocycles. The Labute approximate surface area is 107 Å². The summed E-state index contributed by atoms with van der Waals surface area (Å²) in [5.41, 5.74) is 0. The smallest absolute Gasteiger partial charge is 0.233 e. The minimum Gasteiger partial charge on any atom is -0.390 e. The number of carbonyl (C=O) groups is 1. The molecule has 102 valence electrons. The number of aliphatic hydroxyl groups is 1. The third kappa shape index (κ3) is 6.36. The third-order valence-electron chi connectivity index (χ3n) is 2.33. The number of rotatable bonds is 8. The van der Waals surface area contributed by atoms with Crippen LogP contribution in [0.1, 0.15) is 13.8 Å². The summed E-state index contributed by atoms with van der Waals surface area (Å²) in [6, 6.07) is 1.81. The summed E-state index contributed by atoms with van der Waals surface area (Å²) in [6.07, 6.45) is 2.90. The summed E-state index contributed by atoms with van der Waals surface area (Å²) < 4.78 is 1.66. The molecule has 0 saturated carbocycles. The van der Waals surface area contributed by atoms with Crippen LogP contribution < -0.4 is 10.6 Å². The second-order valence-corrected chi connectivity index (χ2v) is 4.71. The van der Waals surface area contributed by atoms with Crippen molar-refractivity contribution < 1.29 is 9.90 Å². The van der Waals surface area contributed by atoms with E-state index in [2.05, 4.69) is 15.7 Å². The van der Waals surface area contributed by atoms with Crippen LogP contribution in [0, 0.1) is 5.92 Å². The number of amides is 1. The lowest BCUT2D eigenvalue weighted by molar-refractivity contribution is -0.120. The largest absolute Gasteiger partial charge is 0.390 e. The van der Waals surface area contributed by atoms with Gasteiger partial charge in [0.2, 0.25) is 5.91 Å². The van der Waals surface area contributed by atoms with Crippen molar-refractivity contribution in [1.82, 2.24) is 20.4 Å². The van der Waals surface area contributed by atoms with E-state index in [1.807, 2.05) is 13.8 Å². The molecule has 0 saturated heterocycles. The van der Waals surface area contributed by atoms with E-state index >= 15 is 0 Å². The Bertz CT molecular complexity index is 338. The molecule has 1 unspecified atom stereocenters. The van der Waals surface area contributed by atoms with E-state index in [0.29, 0.717) is 25.6 Å². The van der Waals surface area contributed by atoms with Crippen molar-refractivity contribution in [2.45, 2.75) is 26.5 Å². The van der Waals surface area contributed by atoms with Crippen molar-refractivity contribution in [2.75, 3.05) is 19.6 Å². The van der Waals surface area contributed by atoms with Crippen LogP contribution in [0.15, 0.2) is 18.5 Å². The quantitative estimate of drug-likeness (QED) is 0.590. The summed E-state index contributed by atoms with van der Waals surface area (Å²) in [5.74, 6) is 0.398. The van der Waals surface area contributed by atoms with Gasteiger partial charge in [0.05, 0.1) is 19.2 Å². The maximum atomic E-state index is 11.4. The molecule has 0 bridgehead atoms. The van der Waals surface area contributed by atoms with Crippen LogP contribution >= 0.6 is 0 Å². The van der Waals surface area contributed by atoms with Gasteiger partial charge in [0.1, 0.15) is 0 Å². The molecule has 0 fully saturated rings. The molecular formula is C12H22N4O2. The van der Waals surface area contributed by atoms with Crippen molar-refractivity contribution in [3.8, 4) is 0 Å². The number of aliphatic hydroxyl groups excluding tert-OH is 1. The molecule has 1 rings (SSSR count). The zero-order valence-electron chi connectivity index (χ0n) is 11.0. The Morgan fingerprint density at radius 3 is 2.83 bits per heavy atom. The molecule has 1 heterocycles. The number of carbonyl (C=O) groups excluding carboxylic acids is 1. The average molecular weight is 254 g/mol. The van der Waals surface area contributed by atoms with E-state index in [1.165, 1.54) is 0 Å². The first-order valence-electron chi connectivity index (χ1n) is 6.21. The standard InChI is InChI=1S/C12H22N4O2/c1-10(2)6-14-12(18)8-13-7-11(17)9-16-5-3-4-15-16/h3-5,10-11,13,17H,6-9H2,1-2H3,(H,14,18). The predicted molar refractivity (Wildman–Crippen MR) is 69.0 cm³/mol. The fourth-order valence-corrected chi connectivity index (χ4v) is 1.42. The van der Waals surface area contributed by atoms with E-state index in [1.54, 1.807) is 23.1 Å². The first-order valence-corrected chi connectivity index (χ1v) is 6.21. The fourth-order valence-electron chi connectivity index (χ4n) is 1.42. The Morgan fingerprint density at radius 1 is 1.44 bits per heavy atom. The van der Waals surface area contributed by atoms with Gasteiger partial charge < -0.3 is 15.7 Å². The van der Waals surface area contributed by atoms with Gasteiger partial charge in [-0.05, 0) is 12.0 Å². The maximum absolute atomic E-state index is 11.4. The van der Waals surface area contributed by atoms with Gasteiger partial charge in [-0.25, -0.2) is 0 Å². The van der Waals surface area contributed by atoms with Crippen LogP contribution in [-0.4, -0.2) is 46.5 Å². The molecule has 1 aromatic heterocycles. The number of hydrogen-bond donors (Lipinski definition) is 3. The van der Waals surface area contributed by atoms with E-state index in [9.17, 15) is 9.90 Å². The SMILES string of the molecule is CC(C)CNC(=O)CNCC(O)Cn1cccn1. The van der Waals surface area contributed by atoms with Gasteiger partial charge in [-0.2, -0.15) is 5.10 Å². The minimum absolute atomic E-state index is 0.0463. The topological polar surface area (TPSA) is 79.2 Å². The molecule has 0 aromatic carbocycles. The zero-order chi connectivity index (χ0) is 13.4. The number of hydrogen-bond acceptors (Lipinski definition) is 4. The monoisotopic (exact) mass is 254 g/mol. The molecule has 6 heteroatoms. The average Bonchev–Trinajstić information content (AvgIpc) is 2.79. The van der Waals surface area contributed by atoms with Gasteiger partial charge in [-0.1, -0.05) is 13.8 Å². The molecular weight excluding hydrogens is 232 g/mol. The predicted octanol–water partition coefficient (Wildman–Crippen LogP) is -0.394. The molecule has 1 atom stereocenters. The highest BCUT2D eigenvalue weighted by molar-refractivity contribution is 5.77. The highest BCUT2D eigenvalue weighted by atomic mass is 16.3. The van der Waals surface area contributed by atoms with Gasteiger partial charge in [0, 0.05) is 25.5 Å². The Kier molecular flexibility index (Phi) is 6.38. The summed E-state index contributed by atoms with van der Waals surface area (Å²) >= 11 is 0. The fraction of sp³-hybridized carbons (Fsp3) is 0.667. The summed E-state index contributed by atoms with van der Waals surface area (Å²) in [6.45, 7) is 5.78. The minimum atomic E-state index is -0.553. The van der Waals surface area contributed by atoms with Crippen LogP contribution in [0.2, 0.25) is 0 Å². The van der Waals surface area contributed by atoms with Crippen LogP contribution in [0.5, 0.6) is 0 Å².